The molecule has 27 heavy (non-hydrogen) atoms. The van der Waals surface area contributed by atoms with Crippen LogP contribution in [0.3, 0.4) is 0 Å². The third kappa shape index (κ3) is 4.90. The van der Waals surface area contributed by atoms with Crippen molar-refractivity contribution in [2.45, 2.75) is 12.6 Å². The van der Waals surface area contributed by atoms with Gasteiger partial charge in [0.1, 0.15) is 11.9 Å². The molecule has 0 spiro atoms. The molecule has 3 rings (SSSR count). The highest BCUT2D eigenvalue weighted by atomic mass is 32.1. The second-order valence-electron chi connectivity index (χ2n) is 5.62. The molecule has 7 nitrogen and oxygen atoms in total. The Kier molecular flexibility index (Phi) is 5.80. The van der Waals surface area contributed by atoms with Gasteiger partial charge in [-0.25, -0.2) is 0 Å². The van der Waals surface area contributed by atoms with Crippen LogP contribution in [0.5, 0.6) is 0 Å². The summed E-state index contributed by atoms with van der Waals surface area (Å²) in [4.78, 5) is 23.7. The van der Waals surface area contributed by atoms with Gasteiger partial charge in [0.15, 0.2) is 0 Å². The fourth-order valence-electron chi connectivity index (χ4n) is 2.34. The minimum absolute atomic E-state index is 0.00170. The summed E-state index contributed by atoms with van der Waals surface area (Å²) in [6.45, 7) is 0.332. The van der Waals surface area contributed by atoms with Crippen LogP contribution in [-0.4, -0.2) is 15.9 Å². The van der Waals surface area contributed by atoms with Crippen LogP contribution in [-0.2, 0) is 11.3 Å². The van der Waals surface area contributed by atoms with E-state index in [2.05, 4.69) is 5.32 Å². The third-order valence-corrected chi connectivity index (χ3v) is 4.87. The molecule has 1 atom stereocenters. The second kappa shape index (κ2) is 8.43. The number of nitro groups is 1. The average Bonchev–Trinajstić information content (AvgIpc) is 3.36. The number of hydrogen-bond acceptors (Lipinski definition) is 6. The predicted octanol–water partition coefficient (Wildman–Crippen LogP) is 3.66. The van der Waals surface area contributed by atoms with E-state index in [0.29, 0.717) is 17.9 Å². The Morgan fingerprint density at radius 2 is 2.04 bits per heavy atom. The molecule has 1 unspecified atom stereocenters. The van der Waals surface area contributed by atoms with Crippen molar-refractivity contribution in [2.24, 2.45) is 0 Å². The summed E-state index contributed by atoms with van der Waals surface area (Å²) in [5.74, 6) is 0.188. The van der Waals surface area contributed by atoms with Crippen molar-refractivity contribution in [2.75, 3.05) is 0 Å². The predicted molar refractivity (Wildman–Crippen MR) is 101 cm³/mol. The Bertz CT molecular complexity index is 945. The quantitative estimate of drug-likeness (QED) is 0.367. The van der Waals surface area contributed by atoms with Crippen molar-refractivity contribution in [1.82, 2.24) is 5.32 Å². The lowest BCUT2D eigenvalue weighted by Crippen LogP contribution is -2.19. The van der Waals surface area contributed by atoms with E-state index in [9.17, 15) is 20.0 Å². The fraction of sp³-hybridized carbons (Fsp3) is 0.105. The van der Waals surface area contributed by atoms with E-state index in [0.717, 1.165) is 9.75 Å². The average molecular weight is 384 g/mol. The Labute approximate surface area is 158 Å². The number of amides is 1. The van der Waals surface area contributed by atoms with E-state index in [4.69, 9.17) is 4.42 Å². The first-order valence-corrected chi connectivity index (χ1v) is 8.85. The number of nitrogens with one attached hydrogen (secondary N) is 1. The zero-order valence-electron chi connectivity index (χ0n) is 14.1. The minimum atomic E-state index is -0.823. The van der Waals surface area contributed by atoms with Crippen molar-refractivity contribution in [3.8, 4) is 0 Å². The first-order chi connectivity index (χ1) is 13.0. The maximum atomic E-state index is 11.9. The number of thiophene rings is 1. The van der Waals surface area contributed by atoms with Gasteiger partial charge in [0.05, 0.1) is 17.7 Å². The van der Waals surface area contributed by atoms with Gasteiger partial charge in [-0.1, -0.05) is 0 Å². The van der Waals surface area contributed by atoms with Gasteiger partial charge in [0.25, 0.3) is 5.69 Å². The fourth-order valence-corrected chi connectivity index (χ4v) is 3.28. The molecule has 1 amide bonds. The van der Waals surface area contributed by atoms with Gasteiger partial charge in [-0.2, -0.15) is 0 Å². The van der Waals surface area contributed by atoms with Crippen LogP contribution < -0.4 is 5.32 Å². The second-order valence-corrected chi connectivity index (χ2v) is 6.82. The van der Waals surface area contributed by atoms with Gasteiger partial charge in [0, 0.05) is 28.0 Å². The van der Waals surface area contributed by atoms with Crippen molar-refractivity contribution in [3.05, 3.63) is 92.1 Å². The molecule has 1 aromatic carbocycles. The molecule has 0 aliphatic rings. The number of nitro benzene ring substituents is 1. The molecule has 0 aliphatic heterocycles. The third-order valence-electron chi connectivity index (χ3n) is 3.73. The number of rotatable bonds is 7. The van der Waals surface area contributed by atoms with Crippen molar-refractivity contribution < 1.29 is 19.2 Å². The molecule has 0 radical (unpaired) electrons. The number of hydrogen-bond donors (Lipinski definition) is 2. The van der Waals surface area contributed by atoms with Crippen LogP contribution >= 0.6 is 11.3 Å². The van der Waals surface area contributed by atoms with Crippen molar-refractivity contribution in [1.29, 1.82) is 0 Å². The molecule has 2 N–H and O–H groups in total. The summed E-state index contributed by atoms with van der Waals surface area (Å²) in [5, 5.41) is 23.6. The summed E-state index contributed by atoms with van der Waals surface area (Å²) >= 11 is 1.39. The zero-order chi connectivity index (χ0) is 19.2. The highest BCUT2D eigenvalue weighted by molar-refractivity contribution is 7.12. The summed E-state index contributed by atoms with van der Waals surface area (Å²) in [7, 11) is 0. The van der Waals surface area contributed by atoms with E-state index >= 15 is 0 Å². The monoisotopic (exact) mass is 384 g/mol. The van der Waals surface area contributed by atoms with Crippen LogP contribution in [0.2, 0.25) is 0 Å². The Balaban J connectivity index is 1.52. The molecular weight excluding hydrogens is 368 g/mol. The van der Waals surface area contributed by atoms with Gasteiger partial charge in [0.2, 0.25) is 5.91 Å². The molecule has 0 fully saturated rings. The normalized spacial score (nSPS) is 12.2. The van der Waals surface area contributed by atoms with Gasteiger partial charge in [-0.05, 0) is 48.0 Å². The van der Waals surface area contributed by atoms with E-state index in [1.165, 1.54) is 35.8 Å². The first kappa shape index (κ1) is 18.6. The lowest BCUT2D eigenvalue weighted by atomic mass is 10.2. The minimum Gasteiger partial charge on any atom is -0.466 e. The summed E-state index contributed by atoms with van der Waals surface area (Å²) in [6, 6.07) is 13.0. The molecule has 3 aromatic rings. The molecule has 0 aliphatic carbocycles. The highest BCUT2D eigenvalue weighted by Crippen LogP contribution is 2.28. The Morgan fingerprint density at radius 3 is 2.70 bits per heavy atom. The lowest BCUT2D eigenvalue weighted by Gasteiger charge is -2.04. The van der Waals surface area contributed by atoms with Crippen molar-refractivity contribution in [3.63, 3.8) is 0 Å². The molecule has 0 saturated carbocycles. The Morgan fingerprint density at radius 1 is 1.26 bits per heavy atom. The molecule has 0 bridgehead atoms. The number of aliphatic hydroxyl groups is 1. The SMILES string of the molecule is O=C(/C=C/c1ccc([N+](=O)[O-])cc1)NCc1ccc(C(O)c2ccco2)s1. The molecule has 8 heteroatoms. The van der Waals surface area contributed by atoms with Crippen LogP contribution in [0.25, 0.3) is 6.08 Å². The van der Waals surface area contributed by atoms with E-state index < -0.39 is 11.0 Å². The lowest BCUT2D eigenvalue weighted by molar-refractivity contribution is -0.384. The molecule has 138 valence electrons. The molecule has 2 aromatic heterocycles. The van der Waals surface area contributed by atoms with Crippen LogP contribution in [0.1, 0.15) is 27.2 Å². The maximum absolute atomic E-state index is 11.9. The number of carbonyl (C=O) groups excluding carboxylic acids is 1. The van der Waals surface area contributed by atoms with Gasteiger partial charge < -0.3 is 14.8 Å². The number of non-ortho nitro benzene ring substituents is 1. The Hall–Kier alpha value is -3.23. The largest absolute Gasteiger partial charge is 0.466 e. The van der Waals surface area contributed by atoms with E-state index in [-0.39, 0.29) is 11.6 Å². The number of benzene rings is 1. The standard InChI is InChI=1S/C19H16N2O5S/c22-18(10-5-13-3-6-14(7-4-13)21(24)25)20-12-15-8-9-17(27-15)19(23)16-2-1-11-26-16/h1-11,19,23H,12H2,(H,20,22)/b10-5+. The van der Waals surface area contributed by atoms with E-state index in [1.807, 2.05) is 6.07 Å². The number of furan rings is 1. The summed E-state index contributed by atoms with van der Waals surface area (Å²) in [6.07, 6.45) is 3.63. The van der Waals surface area contributed by atoms with Crippen LogP contribution in [0.4, 0.5) is 5.69 Å². The topological polar surface area (TPSA) is 106 Å². The number of carbonyl (C=O) groups is 1. The maximum Gasteiger partial charge on any atom is 0.269 e. The molecule has 2 heterocycles. The number of aliphatic hydroxyl groups excluding tert-OH is 1. The van der Waals surface area contributed by atoms with Gasteiger partial charge in [-0.3, -0.25) is 14.9 Å². The smallest absolute Gasteiger partial charge is 0.269 e. The summed E-state index contributed by atoms with van der Waals surface area (Å²) < 4.78 is 5.19. The molecule has 0 saturated heterocycles. The first-order valence-electron chi connectivity index (χ1n) is 8.03. The van der Waals surface area contributed by atoms with Crippen LogP contribution in [0.15, 0.2) is 65.3 Å². The summed E-state index contributed by atoms with van der Waals surface area (Å²) in [5.41, 5.74) is 0.692. The molecular formula is C19H16N2O5S. The number of nitrogens with zero attached hydrogens (tertiary/aromatic N) is 1. The zero-order valence-corrected chi connectivity index (χ0v) is 14.9. The van der Waals surface area contributed by atoms with Gasteiger partial charge >= 0.3 is 0 Å². The van der Waals surface area contributed by atoms with Crippen molar-refractivity contribution >= 4 is 29.0 Å². The van der Waals surface area contributed by atoms with Crippen LogP contribution in [0, 0.1) is 10.1 Å². The van der Waals surface area contributed by atoms with E-state index in [1.54, 1.807) is 36.4 Å². The van der Waals surface area contributed by atoms with Gasteiger partial charge in [-0.15, -0.1) is 11.3 Å². The highest BCUT2D eigenvalue weighted by Gasteiger charge is 2.15.